The Bertz CT molecular complexity index is 555. The Hall–Kier alpha value is -1.94. The fourth-order valence-electron chi connectivity index (χ4n) is 1.78. The molecule has 2 aromatic rings. The van der Waals surface area contributed by atoms with Crippen LogP contribution in [0.5, 0.6) is 0 Å². The van der Waals surface area contributed by atoms with Crippen molar-refractivity contribution in [2.45, 2.75) is 6.54 Å². The van der Waals surface area contributed by atoms with E-state index in [0.29, 0.717) is 16.9 Å². The average molecular weight is 248 g/mol. The fourth-order valence-corrected chi connectivity index (χ4v) is 1.78. The molecule has 2 rings (SSSR count). The molecule has 18 heavy (non-hydrogen) atoms. The minimum Gasteiger partial charge on any atom is -0.344 e. The summed E-state index contributed by atoms with van der Waals surface area (Å²) in [6, 6.07) is 10.7. The molecule has 0 saturated heterocycles. The van der Waals surface area contributed by atoms with Crippen LogP contribution in [-0.4, -0.2) is 7.05 Å². The quantitative estimate of drug-likeness (QED) is 0.903. The second-order valence-corrected chi connectivity index (χ2v) is 4.06. The van der Waals surface area contributed by atoms with E-state index in [9.17, 15) is 8.78 Å². The first kappa shape index (κ1) is 12.5. The third-order valence-electron chi connectivity index (χ3n) is 2.76. The molecule has 0 bridgehead atoms. The summed E-state index contributed by atoms with van der Waals surface area (Å²) in [6.07, 6.45) is 0. The molecule has 0 fully saturated rings. The van der Waals surface area contributed by atoms with Gasteiger partial charge in [0.15, 0.2) is 0 Å². The molecule has 0 aliphatic carbocycles. The summed E-state index contributed by atoms with van der Waals surface area (Å²) < 4.78 is 26.6. The van der Waals surface area contributed by atoms with Gasteiger partial charge in [0.2, 0.25) is 0 Å². The summed E-state index contributed by atoms with van der Waals surface area (Å²) in [5, 5.41) is 0. The molecule has 94 valence electrons. The summed E-state index contributed by atoms with van der Waals surface area (Å²) in [4.78, 5) is 1.71. The lowest BCUT2D eigenvalue weighted by atomic mass is 10.1. The van der Waals surface area contributed by atoms with Crippen molar-refractivity contribution in [2.75, 3.05) is 11.9 Å². The van der Waals surface area contributed by atoms with Crippen molar-refractivity contribution in [1.82, 2.24) is 0 Å². The van der Waals surface area contributed by atoms with Crippen molar-refractivity contribution in [2.24, 2.45) is 5.73 Å². The van der Waals surface area contributed by atoms with E-state index in [0.717, 1.165) is 0 Å². The van der Waals surface area contributed by atoms with E-state index in [1.165, 1.54) is 24.3 Å². The van der Waals surface area contributed by atoms with E-state index in [2.05, 4.69) is 0 Å². The molecule has 0 amide bonds. The standard InChI is InChI=1S/C14H14F2N2/c1-18(13-4-2-3-11(15)7-13)14-6-10(9-17)5-12(16)8-14/h2-8H,9,17H2,1H3. The van der Waals surface area contributed by atoms with Crippen LogP contribution in [0.2, 0.25) is 0 Å². The Balaban J connectivity index is 2.39. The number of anilines is 2. The predicted octanol–water partition coefficient (Wildman–Crippen LogP) is 3.19. The first-order chi connectivity index (χ1) is 8.60. The van der Waals surface area contributed by atoms with E-state index in [-0.39, 0.29) is 18.2 Å². The molecule has 2 aromatic carbocycles. The van der Waals surface area contributed by atoms with Gasteiger partial charge in [-0.1, -0.05) is 6.07 Å². The molecule has 0 aliphatic heterocycles. The first-order valence-corrected chi connectivity index (χ1v) is 5.59. The van der Waals surface area contributed by atoms with Gasteiger partial charge in [0.1, 0.15) is 11.6 Å². The zero-order valence-corrected chi connectivity index (χ0v) is 10.0. The molecule has 0 radical (unpaired) electrons. The molecular weight excluding hydrogens is 234 g/mol. The van der Waals surface area contributed by atoms with Gasteiger partial charge in [0.25, 0.3) is 0 Å². The van der Waals surface area contributed by atoms with Gasteiger partial charge in [-0.25, -0.2) is 8.78 Å². The molecule has 0 unspecified atom stereocenters. The molecule has 0 aromatic heterocycles. The Labute approximate surface area is 105 Å². The van der Waals surface area contributed by atoms with E-state index < -0.39 is 0 Å². The van der Waals surface area contributed by atoms with Gasteiger partial charge in [0, 0.05) is 25.0 Å². The Kier molecular flexibility index (Phi) is 3.58. The summed E-state index contributed by atoms with van der Waals surface area (Å²) in [6.45, 7) is 0.266. The molecule has 4 heteroatoms. The van der Waals surface area contributed by atoms with Crippen LogP contribution in [0.4, 0.5) is 20.2 Å². The lowest BCUT2D eigenvalue weighted by Gasteiger charge is -2.20. The predicted molar refractivity (Wildman–Crippen MR) is 68.8 cm³/mol. The van der Waals surface area contributed by atoms with E-state index in [1.54, 1.807) is 30.1 Å². The zero-order valence-electron chi connectivity index (χ0n) is 10.0. The van der Waals surface area contributed by atoms with E-state index in [1.807, 2.05) is 0 Å². The van der Waals surface area contributed by atoms with Gasteiger partial charge in [-0.05, 0) is 42.0 Å². The van der Waals surface area contributed by atoms with Crippen molar-refractivity contribution >= 4 is 11.4 Å². The zero-order chi connectivity index (χ0) is 13.1. The summed E-state index contributed by atoms with van der Waals surface area (Å²) in [5.74, 6) is -0.675. The number of nitrogens with zero attached hydrogens (tertiary/aromatic N) is 1. The highest BCUT2D eigenvalue weighted by Crippen LogP contribution is 2.25. The highest BCUT2D eigenvalue weighted by atomic mass is 19.1. The highest BCUT2D eigenvalue weighted by molar-refractivity contribution is 5.63. The number of nitrogens with two attached hydrogens (primary N) is 1. The fraction of sp³-hybridized carbons (Fsp3) is 0.143. The monoisotopic (exact) mass is 248 g/mol. The lowest BCUT2D eigenvalue weighted by Crippen LogP contribution is -2.11. The normalized spacial score (nSPS) is 10.4. The summed E-state index contributed by atoms with van der Waals surface area (Å²) in [5.41, 5.74) is 7.50. The van der Waals surface area contributed by atoms with Crippen LogP contribution in [0.15, 0.2) is 42.5 Å². The van der Waals surface area contributed by atoms with Crippen LogP contribution in [0.25, 0.3) is 0 Å². The summed E-state index contributed by atoms with van der Waals surface area (Å²) >= 11 is 0. The van der Waals surface area contributed by atoms with Crippen LogP contribution < -0.4 is 10.6 Å². The minimum atomic E-state index is -0.351. The Morgan fingerprint density at radius 1 is 1.00 bits per heavy atom. The molecule has 0 saturated carbocycles. The highest BCUT2D eigenvalue weighted by Gasteiger charge is 2.07. The van der Waals surface area contributed by atoms with E-state index in [4.69, 9.17) is 5.73 Å². The van der Waals surface area contributed by atoms with Crippen molar-refractivity contribution in [3.05, 3.63) is 59.7 Å². The van der Waals surface area contributed by atoms with Crippen molar-refractivity contribution in [3.8, 4) is 0 Å². The number of rotatable bonds is 3. The third kappa shape index (κ3) is 2.65. The van der Waals surface area contributed by atoms with Crippen molar-refractivity contribution in [1.29, 1.82) is 0 Å². The largest absolute Gasteiger partial charge is 0.344 e. The van der Waals surface area contributed by atoms with Gasteiger partial charge in [0.05, 0.1) is 0 Å². The number of benzene rings is 2. The molecule has 0 aliphatic rings. The topological polar surface area (TPSA) is 29.3 Å². The maximum atomic E-state index is 13.4. The van der Waals surface area contributed by atoms with Crippen LogP contribution in [-0.2, 0) is 6.54 Å². The Morgan fingerprint density at radius 2 is 1.72 bits per heavy atom. The van der Waals surface area contributed by atoms with Crippen LogP contribution in [0.1, 0.15) is 5.56 Å². The van der Waals surface area contributed by atoms with Crippen molar-refractivity contribution < 1.29 is 8.78 Å². The van der Waals surface area contributed by atoms with Gasteiger partial charge in [-0.2, -0.15) is 0 Å². The van der Waals surface area contributed by atoms with E-state index >= 15 is 0 Å². The average Bonchev–Trinajstić information content (AvgIpc) is 2.37. The van der Waals surface area contributed by atoms with Crippen LogP contribution in [0.3, 0.4) is 0 Å². The van der Waals surface area contributed by atoms with Gasteiger partial charge >= 0.3 is 0 Å². The van der Waals surface area contributed by atoms with Crippen molar-refractivity contribution in [3.63, 3.8) is 0 Å². The number of hydrogen-bond donors (Lipinski definition) is 1. The smallest absolute Gasteiger partial charge is 0.125 e. The minimum absolute atomic E-state index is 0.266. The second kappa shape index (κ2) is 5.14. The molecule has 0 spiro atoms. The lowest BCUT2D eigenvalue weighted by molar-refractivity contribution is 0.625. The second-order valence-electron chi connectivity index (χ2n) is 4.06. The molecular formula is C14H14F2N2. The first-order valence-electron chi connectivity index (χ1n) is 5.59. The number of hydrogen-bond acceptors (Lipinski definition) is 2. The third-order valence-corrected chi connectivity index (χ3v) is 2.76. The molecule has 0 heterocycles. The molecule has 2 nitrogen and oxygen atoms in total. The SMILES string of the molecule is CN(c1cccc(F)c1)c1cc(F)cc(CN)c1. The Morgan fingerprint density at radius 3 is 2.39 bits per heavy atom. The maximum absolute atomic E-state index is 13.4. The van der Waals surface area contributed by atoms with Crippen LogP contribution in [0, 0.1) is 11.6 Å². The van der Waals surface area contributed by atoms with Gasteiger partial charge in [-0.3, -0.25) is 0 Å². The summed E-state index contributed by atoms with van der Waals surface area (Å²) in [7, 11) is 1.75. The van der Waals surface area contributed by atoms with Gasteiger partial charge < -0.3 is 10.6 Å². The maximum Gasteiger partial charge on any atom is 0.125 e. The number of halogens is 2. The van der Waals surface area contributed by atoms with Gasteiger partial charge in [-0.15, -0.1) is 0 Å². The molecule has 2 N–H and O–H groups in total. The van der Waals surface area contributed by atoms with Crippen LogP contribution >= 0.6 is 0 Å². The molecule has 0 atom stereocenters.